The molecule has 0 spiro atoms. The first-order valence-electron chi connectivity index (χ1n) is 9.65. The highest BCUT2D eigenvalue weighted by atomic mass is 16.3. The minimum atomic E-state index is -0.0833. The van der Waals surface area contributed by atoms with E-state index in [4.69, 9.17) is 4.42 Å². The van der Waals surface area contributed by atoms with Crippen molar-refractivity contribution < 1.29 is 9.21 Å². The van der Waals surface area contributed by atoms with Crippen molar-refractivity contribution in [2.24, 2.45) is 0 Å². The lowest BCUT2D eigenvalue weighted by Crippen LogP contribution is -2.30. The molecule has 142 valence electrons. The largest absolute Gasteiger partial charge is 0.467 e. The average molecular weight is 367 g/mol. The molecule has 1 aliphatic rings. The average Bonchev–Trinajstić information content (AvgIpc) is 3.38. The molecule has 0 atom stereocenters. The number of furan rings is 1. The maximum absolute atomic E-state index is 13.0. The van der Waals surface area contributed by atoms with Gasteiger partial charge in [0.1, 0.15) is 5.76 Å². The normalized spacial score (nSPS) is 14.9. The van der Waals surface area contributed by atoms with Crippen LogP contribution in [0.1, 0.15) is 60.3 Å². The molecule has 2 aromatic heterocycles. The van der Waals surface area contributed by atoms with Crippen LogP contribution >= 0.6 is 0 Å². The Morgan fingerprint density at radius 3 is 2.74 bits per heavy atom. The monoisotopic (exact) mass is 367 g/mol. The van der Waals surface area contributed by atoms with Crippen LogP contribution < -0.4 is 5.69 Å². The zero-order chi connectivity index (χ0) is 19.0. The van der Waals surface area contributed by atoms with Gasteiger partial charge in [0.25, 0.3) is 5.91 Å². The minimum absolute atomic E-state index is 0.0651. The van der Waals surface area contributed by atoms with Gasteiger partial charge in [-0.05, 0) is 56.5 Å². The molecule has 1 amide bonds. The Bertz CT molecular complexity index is 1020. The van der Waals surface area contributed by atoms with Gasteiger partial charge in [0.05, 0.1) is 23.8 Å². The number of hydrogen-bond acceptors (Lipinski definition) is 3. The second-order valence-corrected chi connectivity index (χ2v) is 7.32. The van der Waals surface area contributed by atoms with Gasteiger partial charge in [-0.1, -0.05) is 12.8 Å². The summed E-state index contributed by atoms with van der Waals surface area (Å²) in [5.74, 6) is 0.733. The molecular formula is C21H25N3O3. The molecule has 1 fully saturated rings. The first kappa shape index (κ1) is 17.6. The summed E-state index contributed by atoms with van der Waals surface area (Å²) in [5.41, 5.74) is 3.14. The molecule has 2 heterocycles. The van der Waals surface area contributed by atoms with E-state index in [2.05, 4.69) is 4.98 Å². The predicted octanol–water partition coefficient (Wildman–Crippen LogP) is 4.01. The fourth-order valence-corrected chi connectivity index (χ4v) is 4.04. The third kappa shape index (κ3) is 3.20. The summed E-state index contributed by atoms with van der Waals surface area (Å²) in [4.78, 5) is 30.1. The standard InChI is InChI=1S/C21H25N3O3/c1-3-23(13-19-14(2)10-11-27-19)20(25)15-8-9-18-17(12-15)22-21(26)24(18)16-6-4-5-7-16/h8-12,16H,3-7,13H2,1-2H3,(H,22,26). The second kappa shape index (κ2) is 7.10. The summed E-state index contributed by atoms with van der Waals surface area (Å²) < 4.78 is 7.35. The highest BCUT2D eigenvalue weighted by Gasteiger charge is 2.22. The third-order valence-corrected chi connectivity index (χ3v) is 5.62. The van der Waals surface area contributed by atoms with Gasteiger partial charge in [-0.2, -0.15) is 0 Å². The summed E-state index contributed by atoms with van der Waals surface area (Å²) in [6.45, 7) is 4.94. The molecule has 27 heavy (non-hydrogen) atoms. The summed E-state index contributed by atoms with van der Waals surface area (Å²) in [7, 11) is 0. The predicted molar refractivity (Wildman–Crippen MR) is 104 cm³/mol. The number of amides is 1. The summed E-state index contributed by atoms with van der Waals surface area (Å²) in [5, 5.41) is 0. The molecule has 1 aromatic carbocycles. The Balaban J connectivity index is 1.64. The van der Waals surface area contributed by atoms with Gasteiger partial charge in [-0.25, -0.2) is 4.79 Å². The maximum Gasteiger partial charge on any atom is 0.326 e. The quantitative estimate of drug-likeness (QED) is 0.741. The SMILES string of the molecule is CCN(Cc1occc1C)C(=O)c1ccc2c(c1)[nH]c(=O)n2C1CCCC1. The van der Waals surface area contributed by atoms with E-state index in [-0.39, 0.29) is 17.6 Å². The molecule has 0 bridgehead atoms. The molecule has 1 saturated carbocycles. The van der Waals surface area contributed by atoms with Crippen LogP contribution in [0.15, 0.2) is 39.7 Å². The van der Waals surface area contributed by atoms with Crippen LogP contribution in [0.2, 0.25) is 0 Å². The number of H-pyrrole nitrogens is 1. The smallest absolute Gasteiger partial charge is 0.326 e. The van der Waals surface area contributed by atoms with Crippen molar-refractivity contribution in [3.63, 3.8) is 0 Å². The number of fused-ring (bicyclic) bond motifs is 1. The first-order chi connectivity index (χ1) is 13.1. The molecule has 0 aliphatic heterocycles. The van der Waals surface area contributed by atoms with Crippen LogP contribution in [-0.4, -0.2) is 26.9 Å². The number of carbonyl (C=O) groups is 1. The molecule has 4 rings (SSSR count). The van der Waals surface area contributed by atoms with Gasteiger partial charge in [0, 0.05) is 18.2 Å². The second-order valence-electron chi connectivity index (χ2n) is 7.32. The van der Waals surface area contributed by atoms with E-state index in [1.807, 2.05) is 36.6 Å². The Morgan fingerprint density at radius 1 is 1.30 bits per heavy atom. The number of imidazole rings is 1. The Labute approximate surface area is 157 Å². The summed E-state index contributed by atoms with van der Waals surface area (Å²) >= 11 is 0. The van der Waals surface area contributed by atoms with E-state index in [1.165, 1.54) is 0 Å². The van der Waals surface area contributed by atoms with Crippen molar-refractivity contribution in [3.8, 4) is 0 Å². The van der Waals surface area contributed by atoms with Gasteiger partial charge in [-0.3, -0.25) is 9.36 Å². The molecule has 6 heteroatoms. The molecule has 3 aromatic rings. The number of nitrogens with zero attached hydrogens (tertiary/aromatic N) is 2. The first-order valence-corrected chi connectivity index (χ1v) is 9.65. The van der Waals surface area contributed by atoms with Crippen molar-refractivity contribution in [1.29, 1.82) is 0 Å². The van der Waals surface area contributed by atoms with Gasteiger partial charge in [0.15, 0.2) is 0 Å². The number of carbonyl (C=O) groups excluding carboxylic acids is 1. The number of aromatic nitrogens is 2. The van der Waals surface area contributed by atoms with Crippen LogP contribution in [0, 0.1) is 6.92 Å². The topological polar surface area (TPSA) is 71.2 Å². The van der Waals surface area contributed by atoms with Crippen LogP contribution in [0.5, 0.6) is 0 Å². The Morgan fingerprint density at radius 2 is 2.07 bits per heavy atom. The van der Waals surface area contributed by atoms with Crippen molar-refractivity contribution in [1.82, 2.24) is 14.5 Å². The van der Waals surface area contributed by atoms with Crippen LogP contribution in [0.3, 0.4) is 0 Å². The highest BCUT2D eigenvalue weighted by Crippen LogP contribution is 2.30. The molecular weight excluding hydrogens is 342 g/mol. The third-order valence-electron chi connectivity index (χ3n) is 5.62. The van der Waals surface area contributed by atoms with Gasteiger partial charge in [-0.15, -0.1) is 0 Å². The van der Waals surface area contributed by atoms with Crippen LogP contribution in [0.4, 0.5) is 0 Å². The van der Waals surface area contributed by atoms with Gasteiger partial charge in [0.2, 0.25) is 0 Å². The maximum atomic E-state index is 13.0. The fraction of sp³-hybridized carbons (Fsp3) is 0.429. The van der Waals surface area contributed by atoms with E-state index < -0.39 is 0 Å². The zero-order valence-electron chi connectivity index (χ0n) is 15.8. The minimum Gasteiger partial charge on any atom is -0.467 e. The summed E-state index contributed by atoms with van der Waals surface area (Å²) in [6.07, 6.45) is 6.06. The van der Waals surface area contributed by atoms with Crippen molar-refractivity contribution >= 4 is 16.9 Å². The molecule has 1 aliphatic carbocycles. The molecule has 0 radical (unpaired) electrons. The lowest BCUT2D eigenvalue weighted by atomic mass is 10.1. The van der Waals surface area contributed by atoms with E-state index in [0.29, 0.717) is 18.7 Å². The highest BCUT2D eigenvalue weighted by molar-refractivity contribution is 5.97. The number of benzene rings is 1. The van der Waals surface area contributed by atoms with Crippen LogP contribution in [-0.2, 0) is 6.54 Å². The number of nitrogens with one attached hydrogen (secondary N) is 1. The van der Waals surface area contributed by atoms with Gasteiger partial charge < -0.3 is 14.3 Å². The lowest BCUT2D eigenvalue weighted by molar-refractivity contribution is 0.0741. The fourth-order valence-electron chi connectivity index (χ4n) is 4.04. The number of aryl methyl sites for hydroxylation is 1. The summed E-state index contributed by atoms with van der Waals surface area (Å²) in [6, 6.07) is 7.67. The lowest BCUT2D eigenvalue weighted by Gasteiger charge is -2.20. The Hall–Kier alpha value is -2.76. The molecule has 0 unspecified atom stereocenters. The van der Waals surface area contributed by atoms with E-state index in [0.717, 1.165) is 48.0 Å². The van der Waals surface area contributed by atoms with Crippen molar-refractivity contribution in [3.05, 3.63) is 57.9 Å². The zero-order valence-corrected chi connectivity index (χ0v) is 15.8. The van der Waals surface area contributed by atoms with E-state index >= 15 is 0 Å². The molecule has 1 N–H and O–H groups in total. The van der Waals surface area contributed by atoms with Crippen molar-refractivity contribution in [2.45, 2.75) is 52.1 Å². The van der Waals surface area contributed by atoms with E-state index in [1.54, 1.807) is 17.2 Å². The Kier molecular flexibility index (Phi) is 4.64. The van der Waals surface area contributed by atoms with Gasteiger partial charge >= 0.3 is 5.69 Å². The molecule has 6 nitrogen and oxygen atoms in total. The van der Waals surface area contributed by atoms with E-state index in [9.17, 15) is 9.59 Å². The van der Waals surface area contributed by atoms with Crippen molar-refractivity contribution in [2.75, 3.05) is 6.54 Å². The van der Waals surface area contributed by atoms with Crippen LogP contribution in [0.25, 0.3) is 11.0 Å². The number of aromatic amines is 1. The number of rotatable bonds is 5. The molecule has 0 saturated heterocycles. The number of hydrogen-bond donors (Lipinski definition) is 1.